The fourth-order valence-electron chi connectivity index (χ4n) is 8.99. The van der Waals surface area contributed by atoms with Crippen LogP contribution in [0.5, 0.6) is 0 Å². The van der Waals surface area contributed by atoms with Crippen LogP contribution in [0.3, 0.4) is 0 Å². The minimum absolute atomic E-state index is 0.173. The highest BCUT2D eigenvalue weighted by molar-refractivity contribution is 7.89. The highest BCUT2D eigenvalue weighted by Crippen LogP contribution is 2.68. The average Bonchev–Trinajstić information content (AvgIpc) is 3.03. The SMILES string of the molecule is C[C@H](CCC(=O)NS(C)(=O)=O)[C@H]1CC[C@H]2[C@@H]3[C@H](O)C[C@@H]4C[C@H](O)CC[C@]4(C)[C@H]3CC[C@]12C. The molecule has 0 heterocycles. The maximum atomic E-state index is 12.0. The van der Waals surface area contributed by atoms with Gasteiger partial charge in [-0.15, -0.1) is 0 Å². The van der Waals surface area contributed by atoms with Gasteiger partial charge in [-0.2, -0.15) is 0 Å². The summed E-state index contributed by atoms with van der Waals surface area (Å²) < 4.78 is 24.7. The van der Waals surface area contributed by atoms with Crippen LogP contribution in [0, 0.1) is 46.3 Å². The van der Waals surface area contributed by atoms with E-state index in [9.17, 15) is 23.4 Å². The van der Waals surface area contributed by atoms with Crippen LogP contribution in [-0.4, -0.2) is 43.0 Å². The standard InChI is InChI=1S/C25H43NO5S/c1-15(5-8-22(29)26-32(4,30)31)18-6-7-19-23-20(10-12-25(18,19)3)24(2)11-9-17(27)13-16(24)14-21(23)28/h15-21,23,27-28H,5-14H2,1-4H3,(H,26,29)/t15-,16+,17-,18-,19+,20+,21-,23+,24+,25-/m1/s1. The molecule has 32 heavy (non-hydrogen) atoms. The zero-order valence-corrected chi connectivity index (χ0v) is 21.0. The van der Waals surface area contributed by atoms with Crippen molar-refractivity contribution >= 4 is 15.9 Å². The minimum atomic E-state index is -3.50. The topological polar surface area (TPSA) is 104 Å². The Bertz CT molecular complexity index is 830. The first-order valence-electron chi connectivity index (χ1n) is 12.7. The van der Waals surface area contributed by atoms with Crippen LogP contribution in [0.2, 0.25) is 0 Å². The number of aliphatic hydroxyl groups excluding tert-OH is 2. The summed E-state index contributed by atoms with van der Waals surface area (Å²) in [5.74, 6) is 2.26. The molecular weight excluding hydrogens is 426 g/mol. The monoisotopic (exact) mass is 469 g/mol. The third-order valence-electron chi connectivity index (χ3n) is 10.5. The highest BCUT2D eigenvalue weighted by Gasteiger charge is 2.62. The number of hydrogen-bond donors (Lipinski definition) is 3. The first-order chi connectivity index (χ1) is 14.8. The molecule has 0 radical (unpaired) electrons. The van der Waals surface area contributed by atoms with E-state index in [0.29, 0.717) is 41.9 Å². The van der Waals surface area contributed by atoms with E-state index in [1.807, 2.05) is 0 Å². The lowest BCUT2D eigenvalue weighted by atomic mass is 9.43. The second-order valence-corrected chi connectivity index (χ2v) is 14.0. The molecule has 0 aromatic carbocycles. The molecule has 3 N–H and O–H groups in total. The van der Waals surface area contributed by atoms with Crippen molar-refractivity contribution in [2.75, 3.05) is 6.26 Å². The predicted octanol–water partition coefficient (Wildman–Crippen LogP) is 3.47. The van der Waals surface area contributed by atoms with E-state index < -0.39 is 15.9 Å². The quantitative estimate of drug-likeness (QED) is 0.572. The lowest BCUT2D eigenvalue weighted by Crippen LogP contribution is -2.58. The van der Waals surface area contributed by atoms with E-state index in [-0.39, 0.29) is 29.5 Å². The largest absolute Gasteiger partial charge is 0.393 e. The summed E-state index contributed by atoms with van der Waals surface area (Å²) >= 11 is 0. The number of carbonyl (C=O) groups excluding carboxylic acids is 1. The summed E-state index contributed by atoms with van der Waals surface area (Å²) in [6, 6.07) is 0. The van der Waals surface area contributed by atoms with Gasteiger partial charge in [0.15, 0.2) is 0 Å². The van der Waals surface area contributed by atoms with Crippen molar-refractivity contribution in [3.05, 3.63) is 0 Å². The van der Waals surface area contributed by atoms with E-state index in [2.05, 4.69) is 25.5 Å². The number of amides is 1. The normalized spacial score (nSPS) is 47.1. The second-order valence-electron chi connectivity index (χ2n) is 12.3. The Balaban J connectivity index is 1.47. The third kappa shape index (κ3) is 4.26. The molecule has 1 amide bonds. The van der Waals surface area contributed by atoms with E-state index in [4.69, 9.17) is 0 Å². The molecular formula is C25H43NO5S. The van der Waals surface area contributed by atoms with Gasteiger partial charge in [-0.3, -0.25) is 9.52 Å². The van der Waals surface area contributed by atoms with Crippen molar-refractivity contribution in [3.8, 4) is 0 Å². The predicted molar refractivity (Wildman–Crippen MR) is 124 cm³/mol. The first kappa shape index (κ1) is 24.5. The van der Waals surface area contributed by atoms with Gasteiger partial charge in [0.05, 0.1) is 18.5 Å². The molecule has 0 spiro atoms. The van der Waals surface area contributed by atoms with Crippen LogP contribution < -0.4 is 4.72 Å². The fourth-order valence-corrected chi connectivity index (χ4v) is 9.51. The molecule has 0 bridgehead atoms. The van der Waals surface area contributed by atoms with E-state index in [1.165, 1.54) is 6.42 Å². The third-order valence-corrected chi connectivity index (χ3v) is 11.1. The maximum absolute atomic E-state index is 12.0. The van der Waals surface area contributed by atoms with Crippen molar-refractivity contribution in [2.24, 2.45) is 46.3 Å². The lowest BCUT2D eigenvalue weighted by molar-refractivity contribution is -0.174. The fraction of sp³-hybridized carbons (Fsp3) is 0.960. The van der Waals surface area contributed by atoms with Crippen molar-refractivity contribution in [3.63, 3.8) is 0 Å². The van der Waals surface area contributed by atoms with Crippen molar-refractivity contribution in [2.45, 2.75) is 97.2 Å². The molecule has 4 fully saturated rings. The maximum Gasteiger partial charge on any atom is 0.233 e. The molecule has 10 atom stereocenters. The molecule has 184 valence electrons. The average molecular weight is 470 g/mol. The Labute approximate surface area is 194 Å². The van der Waals surface area contributed by atoms with Gasteiger partial charge in [-0.25, -0.2) is 8.42 Å². The van der Waals surface area contributed by atoms with Gasteiger partial charge in [0.25, 0.3) is 0 Å². The van der Waals surface area contributed by atoms with Crippen molar-refractivity contribution in [1.29, 1.82) is 0 Å². The van der Waals surface area contributed by atoms with Crippen molar-refractivity contribution in [1.82, 2.24) is 4.72 Å². The van der Waals surface area contributed by atoms with Crippen LogP contribution in [0.4, 0.5) is 0 Å². The minimum Gasteiger partial charge on any atom is -0.393 e. The Morgan fingerprint density at radius 3 is 2.38 bits per heavy atom. The van der Waals surface area contributed by atoms with Crippen LogP contribution in [0.25, 0.3) is 0 Å². The molecule has 0 aromatic heterocycles. The Morgan fingerprint density at radius 2 is 1.69 bits per heavy atom. The van der Waals surface area contributed by atoms with Gasteiger partial charge >= 0.3 is 0 Å². The van der Waals surface area contributed by atoms with E-state index in [1.54, 1.807) is 0 Å². The lowest BCUT2D eigenvalue weighted by Gasteiger charge is -2.62. The zero-order chi connectivity index (χ0) is 23.5. The summed E-state index contributed by atoms with van der Waals surface area (Å²) in [5, 5.41) is 21.6. The number of fused-ring (bicyclic) bond motifs is 5. The molecule has 0 aromatic rings. The Hall–Kier alpha value is -0.660. The smallest absolute Gasteiger partial charge is 0.233 e. The summed E-state index contributed by atoms with van der Waals surface area (Å²) in [6.07, 6.45) is 9.69. The molecule has 0 aliphatic heterocycles. The molecule has 0 saturated heterocycles. The van der Waals surface area contributed by atoms with Crippen LogP contribution in [0.15, 0.2) is 0 Å². The highest BCUT2D eigenvalue weighted by atomic mass is 32.2. The number of rotatable bonds is 5. The van der Waals surface area contributed by atoms with Gasteiger partial charge in [0.2, 0.25) is 15.9 Å². The Kier molecular flexibility index (Phi) is 6.52. The van der Waals surface area contributed by atoms with Crippen molar-refractivity contribution < 1.29 is 23.4 Å². The summed E-state index contributed by atoms with van der Waals surface area (Å²) in [5.41, 5.74) is 0.407. The molecule has 4 aliphatic carbocycles. The van der Waals surface area contributed by atoms with Gasteiger partial charge in [-0.1, -0.05) is 20.8 Å². The number of carbonyl (C=O) groups is 1. The van der Waals surface area contributed by atoms with Crippen LogP contribution >= 0.6 is 0 Å². The van der Waals surface area contributed by atoms with E-state index >= 15 is 0 Å². The van der Waals surface area contributed by atoms with E-state index in [0.717, 1.165) is 51.2 Å². The van der Waals surface area contributed by atoms with Gasteiger partial charge in [0.1, 0.15) is 0 Å². The summed E-state index contributed by atoms with van der Waals surface area (Å²) in [6.45, 7) is 7.07. The Morgan fingerprint density at radius 1 is 1.03 bits per heavy atom. The van der Waals surface area contributed by atoms with Gasteiger partial charge < -0.3 is 10.2 Å². The first-order valence-corrected chi connectivity index (χ1v) is 14.6. The molecule has 4 rings (SSSR count). The molecule has 4 saturated carbocycles. The molecule has 7 heteroatoms. The van der Waals surface area contributed by atoms with Gasteiger partial charge in [-0.05, 0) is 104 Å². The molecule has 6 nitrogen and oxygen atoms in total. The zero-order valence-electron chi connectivity index (χ0n) is 20.2. The van der Waals surface area contributed by atoms with Gasteiger partial charge in [0, 0.05) is 6.42 Å². The summed E-state index contributed by atoms with van der Waals surface area (Å²) in [4.78, 5) is 12.0. The second kappa shape index (κ2) is 8.53. The molecule has 4 aliphatic rings. The van der Waals surface area contributed by atoms with Crippen LogP contribution in [-0.2, 0) is 14.8 Å². The molecule has 0 unspecified atom stereocenters. The number of aliphatic hydroxyl groups is 2. The summed E-state index contributed by atoms with van der Waals surface area (Å²) in [7, 11) is -3.50. The number of nitrogens with one attached hydrogen (secondary N) is 1. The number of hydrogen-bond acceptors (Lipinski definition) is 5. The number of sulfonamides is 1. The van der Waals surface area contributed by atoms with Crippen LogP contribution in [0.1, 0.15) is 85.0 Å².